The standard InChI is InChI=1S/C18H25N5O3S/c1-12-9-13(2)15(4)18(14(12)3)27(25,26)20-6-5-17(24)22-10-16(11-22)23-8-7-19-21-23/h7-9,16,20H,5-6,10-11H2,1-4H3. The molecule has 2 heterocycles. The van der Waals surface area contributed by atoms with Gasteiger partial charge in [-0.1, -0.05) is 11.3 Å². The third-order valence-electron chi connectivity index (χ3n) is 5.23. The van der Waals surface area contributed by atoms with Crippen LogP contribution >= 0.6 is 0 Å². The Morgan fingerprint density at radius 3 is 2.37 bits per heavy atom. The van der Waals surface area contributed by atoms with Gasteiger partial charge in [0, 0.05) is 32.3 Å². The number of hydrogen-bond acceptors (Lipinski definition) is 5. The molecule has 27 heavy (non-hydrogen) atoms. The average molecular weight is 391 g/mol. The Bertz CT molecular complexity index is 922. The van der Waals surface area contributed by atoms with Gasteiger partial charge in [0.1, 0.15) is 0 Å². The minimum atomic E-state index is -3.67. The molecule has 0 atom stereocenters. The maximum atomic E-state index is 12.8. The molecule has 1 aliphatic heterocycles. The zero-order valence-electron chi connectivity index (χ0n) is 16.1. The number of likely N-dealkylation sites (tertiary alicyclic amines) is 1. The highest BCUT2D eigenvalue weighted by Gasteiger charge is 2.32. The molecule has 0 radical (unpaired) electrons. The molecular formula is C18H25N5O3S. The number of rotatable bonds is 6. The molecule has 146 valence electrons. The lowest BCUT2D eigenvalue weighted by Gasteiger charge is -2.38. The molecule has 0 saturated carbocycles. The summed E-state index contributed by atoms with van der Waals surface area (Å²) in [7, 11) is -3.67. The van der Waals surface area contributed by atoms with Gasteiger partial charge in [-0.25, -0.2) is 17.8 Å². The first kappa shape index (κ1) is 19.5. The molecule has 1 amide bonds. The van der Waals surface area contributed by atoms with Gasteiger partial charge in [0.15, 0.2) is 0 Å². The van der Waals surface area contributed by atoms with E-state index < -0.39 is 10.0 Å². The third-order valence-corrected chi connectivity index (χ3v) is 6.96. The Hall–Kier alpha value is -2.26. The van der Waals surface area contributed by atoms with Crippen LogP contribution in [-0.4, -0.2) is 53.9 Å². The fourth-order valence-corrected chi connectivity index (χ4v) is 4.99. The van der Waals surface area contributed by atoms with Gasteiger partial charge in [-0.05, 0) is 49.9 Å². The van der Waals surface area contributed by atoms with E-state index in [9.17, 15) is 13.2 Å². The number of carbonyl (C=O) groups is 1. The summed E-state index contributed by atoms with van der Waals surface area (Å²) in [6.07, 6.45) is 3.51. The number of aromatic nitrogens is 3. The van der Waals surface area contributed by atoms with Gasteiger partial charge in [0.25, 0.3) is 0 Å². The van der Waals surface area contributed by atoms with Gasteiger partial charge in [-0.15, -0.1) is 5.10 Å². The molecule has 0 unspecified atom stereocenters. The smallest absolute Gasteiger partial charge is 0.241 e. The summed E-state index contributed by atoms with van der Waals surface area (Å²) in [5, 5.41) is 7.69. The van der Waals surface area contributed by atoms with Crippen LogP contribution in [0.5, 0.6) is 0 Å². The number of benzene rings is 1. The molecule has 0 bridgehead atoms. The predicted molar refractivity (Wildman–Crippen MR) is 101 cm³/mol. The molecule has 0 aliphatic carbocycles. The average Bonchev–Trinajstić information content (AvgIpc) is 3.05. The predicted octanol–water partition coefficient (Wildman–Crippen LogP) is 1.26. The second-order valence-corrected chi connectivity index (χ2v) is 8.78. The van der Waals surface area contributed by atoms with E-state index in [1.807, 2.05) is 33.8 Å². The van der Waals surface area contributed by atoms with E-state index in [1.165, 1.54) is 0 Å². The van der Waals surface area contributed by atoms with Crippen LogP contribution in [0.1, 0.15) is 34.7 Å². The van der Waals surface area contributed by atoms with Crippen LogP contribution in [0.15, 0.2) is 23.4 Å². The van der Waals surface area contributed by atoms with Gasteiger partial charge in [0.2, 0.25) is 15.9 Å². The van der Waals surface area contributed by atoms with Crippen molar-refractivity contribution >= 4 is 15.9 Å². The van der Waals surface area contributed by atoms with E-state index in [0.29, 0.717) is 18.0 Å². The fraction of sp³-hybridized carbons (Fsp3) is 0.500. The monoisotopic (exact) mass is 391 g/mol. The summed E-state index contributed by atoms with van der Waals surface area (Å²) in [5.41, 5.74) is 3.37. The maximum Gasteiger partial charge on any atom is 0.241 e. The van der Waals surface area contributed by atoms with Crippen LogP contribution in [0.2, 0.25) is 0 Å². The molecule has 1 aliphatic rings. The fourth-order valence-electron chi connectivity index (χ4n) is 3.34. The van der Waals surface area contributed by atoms with Gasteiger partial charge in [-0.3, -0.25) is 4.79 Å². The van der Waals surface area contributed by atoms with Crippen LogP contribution in [-0.2, 0) is 14.8 Å². The highest BCUT2D eigenvalue weighted by molar-refractivity contribution is 7.89. The van der Waals surface area contributed by atoms with Crippen molar-refractivity contribution < 1.29 is 13.2 Å². The molecule has 8 nitrogen and oxygen atoms in total. The van der Waals surface area contributed by atoms with Crippen molar-refractivity contribution in [2.24, 2.45) is 0 Å². The highest BCUT2D eigenvalue weighted by atomic mass is 32.2. The van der Waals surface area contributed by atoms with E-state index in [0.717, 1.165) is 22.3 Å². The number of sulfonamides is 1. The summed E-state index contributed by atoms with van der Waals surface area (Å²) >= 11 is 0. The van der Waals surface area contributed by atoms with Crippen LogP contribution in [0, 0.1) is 27.7 Å². The number of nitrogens with zero attached hydrogens (tertiary/aromatic N) is 4. The topological polar surface area (TPSA) is 97.2 Å². The zero-order valence-corrected chi connectivity index (χ0v) is 16.9. The van der Waals surface area contributed by atoms with Crippen LogP contribution in [0.3, 0.4) is 0 Å². The van der Waals surface area contributed by atoms with Crippen molar-refractivity contribution in [3.8, 4) is 0 Å². The summed E-state index contributed by atoms with van der Waals surface area (Å²) < 4.78 is 29.8. The molecule has 1 saturated heterocycles. The lowest BCUT2D eigenvalue weighted by molar-refractivity contribution is -0.137. The molecule has 1 N–H and O–H groups in total. The molecule has 0 spiro atoms. The largest absolute Gasteiger partial charge is 0.338 e. The van der Waals surface area contributed by atoms with Gasteiger partial charge >= 0.3 is 0 Å². The molecular weight excluding hydrogens is 366 g/mol. The van der Waals surface area contributed by atoms with Crippen molar-refractivity contribution in [2.75, 3.05) is 19.6 Å². The van der Waals surface area contributed by atoms with Gasteiger partial charge in [-0.2, -0.15) is 0 Å². The molecule has 1 aromatic heterocycles. The van der Waals surface area contributed by atoms with Crippen molar-refractivity contribution in [3.63, 3.8) is 0 Å². The Balaban J connectivity index is 1.57. The van der Waals surface area contributed by atoms with E-state index in [-0.39, 0.29) is 24.9 Å². The maximum absolute atomic E-state index is 12.8. The molecule has 2 aromatic rings. The SMILES string of the molecule is Cc1cc(C)c(C)c(S(=O)(=O)NCCC(=O)N2CC(n3ccnn3)C2)c1C. The van der Waals surface area contributed by atoms with Crippen LogP contribution in [0.25, 0.3) is 0 Å². The number of hydrogen-bond donors (Lipinski definition) is 1. The van der Waals surface area contributed by atoms with Crippen molar-refractivity contribution in [2.45, 2.75) is 45.1 Å². The lowest BCUT2D eigenvalue weighted by atomic mass is 10.0. The number of carbonyl (C=O) groups excluding carboxylic acids is 1. The first-order chi connectivity index (χ1) is 12.7. The Kier molecular flexibility index (Phi) is 5.34. The van der Waals surface area contributed by atoms with E-state index >= 15 is 0 Å². The molecule has 1 aromatic carbocycles. The molecule has 9 heteroatoms. The van der Waals surface area contributed by atoms with Crippen LogP contribution < -0.4 is 4.72 Å². The first-order valence-corrected chi connectivity index (χ1v) is 10.4. The molecule has 1 fully saturated rings. The van der Waals surface area contributed by atoms with Crippen LogP contribution in [0.4, 0.5) is 0 Å². The van der Waals surface area contributed by atoms with Crippen molar-refractivity contribution in [1.82, 2.24) is 24.6 Å². The van der Waals surface area contributed by atoms with E-state index in [4.69, 9.17) is 0 Å². The summed E-state index contributed by atoms with van der Waals surface area (Å²) in [6, 6.07) is 2.14. The minimum Gasteiger partial charge on any atom is -0.338 e. The minimum absolute atomic E-state index is 0.0667. The van der Waals surface area contributed by atoms with Gasteiger partial charge in [0.05, 0.1) is 17.1 Å². The lowest BCUT2D eigenvalue weighted by Crippen LogP contribution is -2.51. The normalized spacial score (nSPS) is 15.0. The van der Waals surface area contributed by atoms with Crippen molar-refractivity contribution in [1.29, 1.82) is 0 Å². The number of aryl methyl sites for hydroxylation is 2. The Morgan fingerprint density at radius 1 is 1.19 bits per heavy atom. The second kappa shape index (κ2) is 7.40. The van der Waals surface area contributed by atoms with Gasteiger partial charge < -0.3 is 4.90 Å². The number of nitrogens with one attached hydrogen (secondary N) is 1. The number of amides is 1. The summed E-state index contributed by atoms with van der Waals surface area (Å²) in [5.74, 6) is -0.0667. The second-order valence-electron chi connectivity index (χ2n) is 7.07. The highest BCUT2D eigenvalue weighted by Crippen LogP contribution is 2.26. The van der Waals surface area contributed by atoms with E-state index in [1.54, 1.807) is 22.0 Å². The zero-order chi connectivity index (χ0) is 19.8. The Morgan fingerprint density at radius 2 is 1.81 bits per heavy atom. The quantitative estimate of drug-likeness (QED) is 0.800. The Labute approximate surface area is 159 Å². The van der Waals surface area contributed by atoms with E-state index in [2.05, 4.69) is 15.0 Å². The third kappa shape index (κ3) is 3.89. The van der Waals surface area contributed by atoms with Crippen molar-refractivity contribution in [3.05, 3.63) is 40.7 Å². The summed E-state index contributed by atoms with van der Waals surface area (Å²) in [6.45, 7) is 8.66. The molecule has 3 rings (SSSR count). The first-order valence-electron chi connectivity index (χ1n) is 8.91. The summed E-state index contributed by atoms with van der Waals surface area (Å²) in [4.78, 5) is 14.3.